The maximum Gasteiger partial charge on any atom is 0.330 e. The number of amides is 3. The topological polar surface area (TPSA) is 75.7 Å². The van der Waals surface area contributed by atoms with Crippen molar-refractivity contribution in [2.24, 2.45) is 5.92 Å². The lowest BCUT2D eigenvalue weighted by Crippen LogP contribution is -2.34. The number of urea groups is 1. The van der Waals surface area contributed by atoms with Gasteiger partial charge in [-0.25, -0.2) is 14.5 Å². The molecule has 1 saturated heterocycles. The van der Waals surface area contributed by atoms with E-state index in [0.29, 0.717) is 11.3 Å². The fraction of sp³-hybridized carbons (Fsp3) is 0.312. The van der Waals surface area contributed by atoms with Gasteiger partial charge in [-0.05, 0) is 23.6 Å². The molecule has 0 aromatic heterocycles. The summed E-state index contributed by atoms with van der Waals surface area (Å²) in [6.07, 6.45) is 2.77. The molecule has 3 amide bonds. The van der Waals surface area contributed by atoms with Gasteiger partial charge in [0, 0.05) is 6.08 Å². The molecule has 6 heteroatoms. The summed E-state index contributed by atoms with van der Waals surface area (Å²) in [5.41, 5.74) is 1.02. The second-order valence-corrected chi connectivity index (χ2v) is 5.26. The number of hydrogen-bond acceptors (Lipinski definition) is 4. The minimum Gasteiger partial charge on any atom is -0.466 e. The zero-order valence-electron chi connectivity index (χ0n) is 12.7. The maximum absolute atomic E-state index is 12.4. The van der Waals surface area contributed by atoms with Crippen LogP contribution >= 0.6 is 0 Å². The summed E-state index contributed by atoms with van der Waals surface area (Å²) in [6.45, 7) is 3.74. The number of nitrogens with zero attached hydrogens (tertiary/aromatic N) is 1. The molecule has 1 heterocycles. The minimum atomic E-state index is -0.537. The van der Waals surface area contributed by atoms with Crippen LogP contribution in [0.15, 0.2) is 30.3 Å². The van der Waals surface area contributed by atoms with E-state index in [9.17, 15) is 14.4 Å². The molecule has 1 aromatic rings. The predicted octanol–water partition coefficient (Wildman–Crippen LogP) is 1.95. The third kappa shape index (κ3) is 3.00. The molecule has 0 radical (unpaired) electrons. The number of esters is 1. The van der Waals surface area contributed by atoms with E-state index < -0.39 is 18.0 Å². The first-order valence-corrected chi connectivity index (χ1v) is 6.95. The molecule has 1 fully saturated rings. The molecule has 1 atom stereocenters. The molecule has 0 aliphatic carbocycles. The van der Waals surface area contributed by atoms with Crippen molar-refractivity contribution in [2.45, 2.75) is 19.9 Å². The van der Waals surface area contributed by atoms with Crippen molar-refractivity contribution in [2.75, 3.05) is 12.0 Å². The molecule has 1 aromatic carbocycles. The first-order chi connectivity index (χ1) is 10.5. The van der Waals surface area contributed by atoms with Gasteiger partial charge in [0.15, 0.2) is 0 Å². The standard InChI is InChI=1S/C16H18N2O4/c1-10(2)14-15(20)18(16(21)17-14)12-7-5-4-6-11(12)8-9-13(19)22-3/h4-10,14H,1-3H3,(H,17,21)/b9-8+. The van der Waals surface area contributed by atoms with Crippen LogP contribution in [0.4, 0.5) is 10.5 Å². The van der Waals surface area contributed by atoms with Crippen LogP contribution in [-0.2, 0) is 14.3 Å². The second-order valence-electron chi connectivity index (χ2n) is 5.26. The highest BCUT2D eigenvalue weighted by molar-refractivity contribution is 6.22. The molecule has 2 rings (SSSR count). The minimum absolute atomic E-state index is 0.000719. The largest absolute Gasteiger partial charge is 0.466 e. The molecule has 0 saturated carbocycles. The number of hydrogen-bond donors (Lipinski definition) is 1. The number of benzene rings is 1. The number of rotatable bonds is 4. The number of carbonyl (C=O) groups is 3. The van der Waals surface area contributed by atoms with E-state index in [1.807, 2.05) is 13.8 Å². The third-order valence-corrected chi connectivity index (χ3v) is 3.41. The second kappa shape index (κ2) is 6.43. The van der Waals surface area contributed by atoms with Gasteiger partial charge >= 0.3 is 12.0 Å². The lowest BCUT2D eigenvalue weighted by molar-refractivity contribution is -0.134. The van der Waals surface area contributed by atoms with Crippen molar-refractivity contribution in [1.82, 2.24) is 5.32 Å². The number of anilines is 1. The smallest absolute Gasteiger partial charge is 0.330 e. The van der Waals surface area contributed by atoms with Crippen LogP contribution in [0.3, 0.4) is 0 Å². The summed E-state index contributed by atoms with van der Waals surface area (Å²) < 4.78 is 4.54. The Morgan fingerprint density at radius 3 is 2.59 bits per heavy atom. The van der Waals surface area contributed by atoms with E-state index >= 15 is 0 Å². The number of para-hydroxylation sites is 1. The molecular weight excluding hydrogens is 284 g/mol. The quantitative estimate of drug-likeness (QED) is 0.524. The predicted molar refractivity (Wildman–Crippen MR) is 82.1 cm³/mol. The summed E-state index contributed by atoms with van der Waals surface area (Å²) >= 11 is 0. The van der Waals surface area contributed by atoms with Crippen LogP contribution in [0, 0.1) is 5.92 Å². The Hall–Kier alpha value is -2.63. The van der Waals surface area contributed by atoms with E-state index in [0.717, 1.165) is 4.90 Å². The Morgan fingerprint density at radius 2 is 2.00 bits per heavy atom. The SMILES string of the molecule is COC(=O)/C=C/c1ccccc1N1C(=O)NC(C(C)C)C1=O. The average Bonchev–Trinajstić information content (AvgIpc) is 2.80. The fourth-order valence-electron chi connectivity index (χ4n) is 2.24. The van der Waals surface area contributed by atoms with Crippen molar-refractivity contribution in [1.29, 1.82) is 0 Å². The summed E-state index contributed by atoms with van der Waals surface area (Å²) in [7, 11) is 1.28. The van der Waals surface area contributed by atoms with Gasteiger partial charge in [0.2, 0.25) is 0 Å². The van der Waals surface area contributed by atoms with E-state index in [1.54, 1.807) is 24.3 Å². The number of ether oxygens (including phenoxy) is 1. The monoisotopic (exact) mass is 302 g/mol. The zero-order valence-corrected chi connectivity index (χ0v) is 12.7. The Bertz CT molecular complexity index is 637. The summed E-state index contributed by atoms with van der Waals surface area (Å²) in [5, 5.41) is 2.68. The molecule has 0 spiro atoms. The molecule has 22 heavy (non-hydrogen) atoms. The van der Waals surface area contributed by atoms with E-state index in [2.05, 4.69) is 10.1 Å². The van der Waals surface area contributed by atoms with Gasteiger partial charge in [0.1, 0.15) is 6.04 Å². The molecule has 1 aliphatic rings. The Kier molecular flexibility index (Phi) is 4.60. The lowest BCUT2D eigenvalue weighted by atomic mass is 10.0. The van der Waals surface area contributed by atoms with Crippen molar-refractivity contribution in [3.05, 3.63) is 35.9 Å². The lowest BCUT2D eigenvalue weighted by Gasteiger charge is -2.16. The maximum atomic E-state index is 12.4. The molecule has 1 aliphatic heterocycles. The van der Waals surface area contributed by atoms with Gasteiger partial charge in [-0.1, -0.05) is 32.0 Å². The van der Waals surface area contributed by atoms with Crippen molar-refractivity contribution in [3.63, 3.8) is 0 Å². The van der Waals surface area contributed by atoms with Crippen LogP contribution in [0.25, 0.3) is 6.08 Å². The van der Waals surface area contributed by atoms with Crippen LogP contribution in [-0.4, -0.2) is 31.1 Å². The van der Waals surface area contributed by atoms with Crippen molar-refractivity contribution >= 4 is 29.7 Å². The third-order valence-electron chi connectivity index (χ3n) is 3.41. The van der Waals surface area contributed by atoms with Gasteiger partial charge < -0.3 is 10.1 Å². The highest BCUT2D eigenvalue weighted by atomic mass is 16.5. The highest BCUT2D eigenvalue weighted by Gasteiger charge is 2.41. The Morgan fingerprint density at radius 1 is 1.32 bits per heavy atom. The molecule has 0 bridgehead atoms. The van der Waals surface area contributed by atoms with Crippen LogP contribution in [0.1, 0.15) is 19.4 Å². The van der Waals surface area contributed by atoms with E-state index in [4.69, 9.17) is 0 Å². The molecule has 6 nitrogen and oxygen atoms in total. The van der Waals surface area contributed by atoms with Gasteiger partial charge in [-0.3, -0.25) is 4.79 Å². The zero-order chi connectivity index (χ0) is 16.3. The van der Waals surface area contributed by atoms with Gasteiger partial charge in [0.25, 0.3) is 5.91 Å². The van der Waals surface area contributed by atoms with Crippen LogP contribution in [0.2, 0.25) is 0 Å². The number of methoxy groups -OCH3 is 1. The van der Waals surface area contributed by atoms with E-state index in [-0.39, 0.29) is 11.8 Å². The van der Waals surface area contributed by atoms with Crippen LogP contribution in [0.5, 0.6) is 0 Å². The summed E-state index contributed by atoms with van der Waals surface area (Å²) in [4.78, 5) is 36.9. The first kappa shape index (κ1) is 15.8. The summed E-state index contributed by atoms with van der Waals surface area (Å²) in [5.74, 6) is -0.801. The number of carbonyl (C=O) groups excluding carboxylic acids is 3. The van der Waals surface area contributed by atoms with E-state index in [1.165, 1.54) is 19.3 Å². The van der Waals surface area contributed by atoms with Crippen molar-refractivity contribution in [3.8, 4) is 0 Å². The number of nitrogens with one attached hydrogen (secondary N) is 1. The first-order valence-electron chi connectivity index (χ1n) is 6.95. The van der Waals surface area contributed by atoms with Gasteiger partial charge in [-0.2, -0.15) is 0 Å². The van der Waals surface area contributed by atoms with Crippen molar-refractivity contribution < 1.29 is 19.1 Å². The Balaban J connectivity index is 2.37. The van der Waals surface area contributed by atoms with Gasteiger partial charge in [-0.15, -0.1) is 0 Å². The fourth-order valence-corrected chi connectivity index (χ4v) is 2.24. The number of imide groups is 1. The molecule has 1 unspecified atom stereocenters. The molecule has 116 valence electrons. The Labute approximate surface area is 128 Å². The molecular formula is C16H18N2O4. The van der Waals surface area contributed by atoms with Gasteiger partial charge in [0.05, 0.1) is 12.8 Å². The summed E-state index contributed by atoms with van der Waals surface area (Å²) in [6, 6.07) is 5.88. The van der Waals surface area contributed by atoms with Crippen LogP contribution < -0.4 is 10.2 Å². The highest BCUT2D eigenvalue weighted by Crippen LogP contribution is 2.26. The molecule has 1 N–H and O–H groups in total. The normalized spacial score (nSPS) is 18.2. The average molecular weight is 302 g/mol.